The zero-order chi connectivity index (χ0) is 13.1. The second-order valence-electron chi connectivity index (χ2n) is 3.05. The van der Waals surface area contributed by atoms with Crippen molar-refractivity contribution in [3.05, 3.63) is 27.7 Å². The highest BCUT2D eigenvalue weighted by Crippen LogP contribution is 2.25. The summed E-state index contributed by atoms with van der Waals surface area (Å²) < 4.78 is 36.0. The first-order valence-electron chi connectivity index (χ1n) is 4.34. The average Bonchev–Trinajstić information content (AvgIpc) is 2.20. The van der Waals surface area contributed by atoms with Crippen LogP contribution < -0.4 is 10.6 Å². The molecule has 0 atom stereocenters. The van der Waals surface area contributed by atoms with Gasteiger partial charge in [0, 0.05) is 10.2 Å². The monoisotopic (exact) mass is 330 g/mol. The third kappa shape index (κ3) is 5.27. The molecule has 1 aromatic carbocycles. The van der Waals surface area contributed by atoms with Crippen LogP contribution in [0.25, 0.3) is 0 Å². The van der Waals surface area contributed by atoms with E-state index in [9.17, 15) is 18.0 Å². The molecule has 17 heavy (non-hydrogen) atoms. The van der Waals surface area contributed by atoms with Crippen molar-refractivity contribution < 1.29 is 18.0 Å². The van der Waals surface area contributed by atoms with E-state index in [0.29, 0.717) is 15.2 Å². The first-order valence-corrected chi connectivity index (χ1v) is 5.52. The molecule has 0 aliphatic heterocycles. The summed E-state index contributed by atoms with van der Waals surface area (Å²) in [7, 11) is 0. The Morgan fingerprint density at radius 1 is 1.41 bits per heavy atom. The molecular formula is C9H7BrClF3N2O. The van der Waals surface area contributed by atoms with Crippen LogP contribution in [0.3, 0.4) is 0 Å². The number of halogens is 5. The van der Waals surface area contributed by atoms with Gasteiger partial charge in [0.1, 0.15) is 6.54 Å². The molecule has 0 saturated carbocycles. The van der Waals surface area contributed by atoms with Gasteiger partial charge in [-0.05, 0) is 34.1 Å². The maximum absolute atomic E-state index is 11.8. The van der Waals surface area contributed by atoms with E-state index in [1.54, 1.807) is 11.4 Å². The van der Waals surface area contributed by atoms with E-state index in [0.717, 1.165) is 0 Å². The Balaban J connectivity index is 2.54. The minimum absolute atomic E-state index is 0.304. The zero-order valence-electron chi connectivity index (χ0n) is 8.24. The molecule has 1 aromatic rings. The number of hydrogen-bond acceptors (Lipinski definition) is 1. The predicted molar refractivity (Wildman–Crippen MR) is 62.2 cm³/mol. The number of anilines is 1. The molecule has 0 saturated heterocycles. The van der Waals surface area contributed by atoms with Crippen LogP contribution in [0, 0.1) is 0 Å². The van der Waals surface area contributed by atoms with E-state index in [-0.39, 0.29) is 0 Å². The van der Waals surface area contributed by atoms with Gasteiger partial charge in [-0.2, -0.15) is 13.2 Å². The van der Waals surface area contributed by atoms with Gasteiger partial charge in [0.25, 0.3) is 0 Å². The fourth-order valence-electron chi connectivity index (χ4n) is 0.930. The van der Waals surface area contributed by atoms with E-state index in [4.69, 9.17) is 11.6 Å². The normalized spacial score (nSPS) is 11.1. The maximum atomic E-state index is 11.8. The van der Waals surface area contributed by atoms with Gasteiger partial charge >= 0.3 is 12.2 Å². The van der Waals surface area contributed by atoms with Crippen LogP contribution in [0.2, 0.25) is 5.02 Å². The lowest BCUT2D eigenvalue weighted by atomic mass is 10.3. The lowest BCUT2D eigenvalue weighted by Crippen LogP contribution is -2.36. The molecule has 8 heteroatoms. The van der Waals surface area contributed by atoms with E-state index in [2.05, 4.69) is 21.2 Å². The predicted octanol–water partition coefficient (Wildman–Crippen LogP) is 3.79. The van der Waals surface area contributed by atoms with Crippen molar-refractivity contribution in [1.29, 1.82) is 0 Å². The van der Waals surface area contributed by atoms with E-state index in [1.807, 2.05) is 0 Å². The second kappa shape index (κ2) is 5.59. The Labute approximate surface area is 108 Å². The van der Waals surface area contributed by atoms with Crippen molar-refractivity contribution in [3.63, 3.8) is 0 Å². The largest absolute Gasteiger partial charge is 0.405 e. The van der Waals surface area contributed by atoms with Gasteiger partial charge in [-0.3, -0.25) is 0 Å². The summed E-state index contributed by atoms with van der Waals surface area (Å²) in [5, 5.41) is 4.25. The van der Waals surface area contributed by atoms with Crippen LogP contribution in [-0.4, -0.2) is 18.8 Å². The molecule has 2 amide bonds. The van der Waals surface area contributed by atoms with Gasteiger partial charge in [0.2, 0.25) is 0 Å². The van der Waals surface area contributed by atoms with Gasteiger partial charge in [0.15, 0.2) is 0 Å². The zero-order valence-corrected chi connectivity index (χ0v) is 10.6. The van der Waals surface area contributed by atoms with Crippen molar-refractivity contribution >= 4 is 39.2 Å². The third-order valence-corrected chi connectivity index (χ3v) is 2.86. The van der Waals surface area contributed by atoms with Crippen molar-refractivity contribution in [2.24, 2.45) is 0 Å². The molecule has 0 heterocycles. The summed E-state index contributed by atoms with van der Waals surface area (Å²) in [6.45, 7) is -1.39. The average molecular weight is 332 g/mol. The molecule has 0 bridgehead atoms. The molecule has 0 fully saturated rings. The molecular weight excluding hydrogens is 324 g/mol. The number of urea groups is 1. The van der Waals surface area contributed by atoms with Gasteiger partial charge in [-0.15, -0.1) is 0 Å². The Morgan fingerprint density at radius 3 is 2.59 bits per heavy atom. The van der Waals surface area contributed by atoms with Crippen molar-refractivity contribution in [2.45, 2.75) is 6.18 Å². The van der Waals surface area contributed by atoms with Gasteiger partial charge < -0.3 is 10.6 Å². The lowest BCUT2D eigenvalue weighted by molar-refractivity contribution is -0.122. The van der Waals surface area contributed by atoms with E-state index >= 15 is 0 Å². The number of rotatable bonds is 2. The van der Waals surface area contributed by atoms with Crippen LogP contribution in [0.1, 0.15) is 0 Å². The number of carbonyl (C=O) groups is 1. The van der Waals surface area contributed by atoms with Crippen molar-refractivity contribution in [1.82, 2.24) is 5.32 Å². The lowest BCUT2D eigenvalue weighted by Gasteiger charge is -2.10. The van der Waals surface area contributed by atoms with Gasteiger partial charge in [-0.1, -0.05) is 11.6 Å². The first kappa shape index (κ1) is 14.1. The van der Waals surface area contributed by atoms with Crippen LogP contribution in [0.15, 0.2) is 22.7 Å². The summed E-state index contributed by atoms with van der Waals surface area (Å²) in [5.74, 6) is 0. The van der Waals surface area contributed by atoms with Crippen LogP contribution in [-0.2, 0) is 0 Å². The van der Waals surface area contributed by atoms with Crippen molar-refractivity contribution in [2.75, 3.05) is 11.9 Å². The Morgan fingerprint density at radius 2 is 2.06 bits per heavy atom. The van der Waals surface area contributed by atoms with Gasteiger partial charge in [0.05, 0.1) is 5.02 Å². The van der Waals surface area contributed by atoms with Crippen LogP contribution in [0.4, 0.5) is 23.7 Å². The highest BCUT2D eigenvalue weighted by Gasteiger charge is 2.27. The summed E-state index contributed by atoms with van der Waals surface area (Å²) in [4.78, 5) is 11.1. The molecule has 1 rings (SSSR count). The Bertz CT molecular complexity index is 425. The molecule has 3 nitrogen and oxygen atoms in total. The highest BCUT2D eigenvalue weighted by atomic mass is 79.9. The Hall–Kier alpha value is -0.950. The summed E-state index contributed by atoms with van der Waals surface area (Å²) >= 11 is 8.89. The highest BCUT2D eigenvalue weighted by molar-refractivity contribution is 9.10. The maximum Gasteiger partial charge on any atom is 0.405 e. The minimum Gasteiger partial charge on any atom is -0.329 e. The number of amides is 2. The van der Waals surface area contributed by atoms with Crippen LogP contribution >= 0.6 is 27.5 Å². The third-order valence-electron chi connectivity index (χ3n) is 1.63. The number of alkyl halides is 3. The molecule has 0 radical (unpaired) electrons. The molecule has 94 valence electrons. The quantitative estimate of drug-likeness (QED) is 0.850. The number of benzene rings is 1. The smallest absolute Gasteiger partial charge is 0.329 e. The summed E-state index contributed by atoms with van der Waals surface area (Å²) in [5.41, 5.74) is 0.304. The SMILES string of the molecule is O=C(NCC(F)(F)F)Nc1ccc(Br)c(Cl)c1. The minimum atomic E-state index is -4.44. The summed E-state index contributed by atoms with van der Waals surface area (Å²) in [6, 6.07) is 3.55. The molecule has 0 unspecified atom stereocenters. The Kier molecular flexibility index (Phi) is 4.64. The molecule has 0 aliphatic rings. The summed E-state index contributed by atoms with van der Waals surface area (Å²) in [6.07, 6.45) is -4.44. The molecule has 0 spiro atoms. The van der Waals surface area contributed by atoms with Crippen LogP contribution in [0.5, 0.6) is 0 Å². The molecule has 0 aromatic heterocycles. The fourth-order valence-corrected chi connectivity index (χ4v) is 1.36. The number of carbonyl (C=O) groups excluding carboxylic acids is 1. The van der Waals surface area contributed by atoms with E-state index < -0.39 is 18.8 Å². The number of nitrogens with one attached hydrogen (secondary N) is 2. The molecule has 2 N–H and O–H groups in total. The fraction of sp³-hybridized carbons (Fsp3) is 0.222. The standard InChI is InChI=1S/C9H7BrClF3N2O/c10-6-2-1-5(3-7(6)11)16-8(17)15-4-9(12,13)14/h1-3H,4H2,(H2,15,16,17). The van der Waals surface area contributed by atoms with E-state index in [1.165, 1.54) is 12.1 Å². The first-order chi connectivity index (χ1) is 7.78. The number of hydrogen-bond donors (Lipinski definition) is 2. The van der Waals surface area contributed by atoms with Crippen molar-refractivity contribution in [3.8, 4) is 0 Å². The second-order valence-corrected chi connectivity index (χ2v) is 4.31. The topological polar surface area (TPSA) is 41.1 Å². The van der Waals surface area contributed by atoms with Gasteiger partial charge in [-0.25, -0.2) is 4.79 Å². The molecule has 0 aliphatic carbocycles.